The third-order valence-corrected chi connectivity index (χ3v) is 7.40. The van der Waals surface area contributed by atoms with Crippen LogP contribution in [0.15, 0.2) is 87.5 Å². The van der Waals surface area contributed by atoms with Gasteiger partial charge in [-0.3, -0.25) is 0 Å². The highest BCUT2D eigenvalue weighted by atomic mass is 32.2. The smallest absolute Gasteiger partial charge is 0.170 e. The van der Waals surface area contributed by atoms with Crippen LogP contribution in [0.5, 0.6) is 17.2 Å². The monoisotopic (exact) mass is 527 g/mol. The highest BCUT2D eigenvalue weighted by Crippen LogP contribution is 2.35. The van der Waals surface area contributed by atoms with Crippen LogP contribution in [-0.2, 0) is 25.1 Å². The van der Waals surface area contributed by atoms with Crippen molar-refractivity contribution in [2.75, 3.05) is 59.5 Å². The lowest BCUT2D eigenvalue weighted by Gasteiger charge is -2.13. The Bertz CT molecular complexity index is 912. The molecule has 0 heterocycles. The molecule has 0 atom stereocenters. The van der Waals surface area contributed by atoms with Crippen molar-refractivity contribution in [2.24, 2.45) is 0 Å². The largest absolute Gasteiger partial charge is 0.491 e. The molecule has 0 aliphatic rings. The van der Waals surface area contributed by atoms with Gasteiger partial charge in [-0.1, -0.05) is 18.2 Å². The van der Waals surface area contributed by atoms with E-state index in [0.717, 1.165) is 31.9 Å². The van der Waals surface area contributed by atoms with Crippen LogP contribution in [0.1, 0.15) is 20.8 Å². The maximum Gasteiger partial charge on any atom is 0.170 e. The van der Waals surface area contributed by atoms with Crippen LogP contribution in [0.2, 0.25) is 0 Å². The Balaban J connectivity index is 1.89. The first-order valence-corrected chi connectivity index (χ1v) is 14.1. The van der Waals surface area contributed by atoms with Crippen molar-refractivity contribution in [3.8, 4) is 17.2 Å². The van der Waals surface area contributed by atoms with E-state index in [9.17, 15) is 0 Å². The average molecular weight is 528 g/mol. The molecule has 3 rings (SSSR count). The van der Waals surface area contributed by atoms with E-state index >= 15 is 0 Å². The van der Waals surface area contributed by atoms with Gasteiger partial charge in [-0.25, -0.2) is 0 Å². The van der Waals surface area contributed by atoms with Crippen LogP contribution in [0, 0.1) is 0 Å². The molecule has 6 nitrogen and oxygen atoms in total. The Labute approximate surface area is 224 Å². The molecule has 3 aromatic rings. The Morgan fingerprint density at radius 3 is 1.08 bits per heavy atom. The highest BCUT2D eigenvalue weighted by Gasteiger charge is 2.30. The van der Waals surface area contributed by atoms with Gasteiger partial charge in [-0.15, -0.1) is 0 Å². The molecule has 200 valence electrons. The summed E-state index contributed by atoms with van der Waals surface area (Å²) in [6.07, 6.45) is 0. The Morgan fingerprint density at radius 1 is 0.459 bits per heavy atom. The van der Waals surface area contributed by atoms with Crippen molar-refractivity contribution in [1.82, 2.24) is 0 Å². The minimum atomic E-state index is -0.406. The zero-order chi connectivity index (χ0) is 26.1. The maximum absolute atomic E-state index is 5.97. The molecule has 0 fully saturated rings. The average Bonchev–Trinajstić information content (AvgIpc) is 2.93. The van der Waals surface area contributed by atoms with Crippen molar-refractivity contribution < 1.29 is 28.4 Å². The molecular formula is C30H39O6S+. The summed E-state index contributed by atoms with van der Waals surface area (Å²) in [5.41, 5.74) is 0. The number of benzene rings is 3. The van der Waals surface area contributed by atoms with Crippen LogP contribution in [0.3, 0.4) is 0 Å². The first-order chi connectivity index (χ1) is 18.2. The van der Waals surface area contributed by atoms with Crippen LogP contribution in [0.4, 0.5) is 0 Å². The topological polar surface area (TPSA) is 55.4 Å². The molecule has 0 N–H and O–H groups in total. The first-order valence-electron chi connectivity index (χ1n) is 12.9. The molecule has 37 heavy (non-hydrogen) atoms. The molecule has 3 aromatic carbocycles. The van der Waals surface area contributed by atoms with E-state index in [1.165, 1.54) is 0 Å². The van der Waals surface area contributed by atoms with Gasteiger partial charge in [0.25, 0.3) is 0 Å². The molecule has 0 radical (unpaired) electrons. The lowest BCUT2D eigenvalue weighted by Crippen LogP contribution is -2.10. The van der Waals surface area contributed by atoms with Crippen molar-refractivity contribution in [3.05, 3.63) is 72.8 Å². The summed E-state index contributed by atoms with van der Waals surface area (Å²) in [5.74, 6) is 2.47. The summed E-state index contributed by atoms with van der Waals surface area (Å²) in [6, 6.07) is 24.8. The van der Waals surface area contributed by atoms with Crippen molar-refractivity contribution in [2.45, 2.75) is 35.5 Å². The minimum Gasteiger partial charge on any atom is -0.491 e. The van der Waals surface area contributed by atoms with E-state index in [1.54, 1.807) is 0 Å². The summed E-state index contributed by atoms with van der Waals surface area (Å²) in [6.45, 7) is 11.2. The molecule has 0 spiro atoms. The molecular weight excluding hydrogens is 488 g/mol. The molecule has 0 bridgehead atoms. The van der Waals surface area contributed by atoms with Gasteiger partial charge in [0.2, 0.25) is 0 Å². The number of hydrogen-bond acceptors (Lipinski definition) is 6. The minimum absolute atomic E-state index is 0.406. The van der Waals surface area contributed by atoms with E-state index < -0.39 is 10.9 Å². The van der Waals surface area contributed by atoms with Crippen molar-refractivity contribution in [3.63, 3.8) is 0 Å². The second-order valence-corrected chi connectivity index (χ2v) is 9.89. The van der Waals surface area contributed by atoms with E-state index in [0.29, 0.717) is 59.5 Å². The first kappa shape index (κ1) is 28.9. The second-order valence-electron chi connectivity index (χ2n) is 7.87. The standard InChI is InChI=1S/C30H39O6S/c1-4-31-16-19-34-25-10-7-13-28(22-25)37(29-14-8-11-26(23-29)35-20-17-32-5-2)30-15-9-12-27(24-30)36-21-18-33-6-3/h7-15,22-24H,4-6,16-21H2,1-3H3/q+1. The van der Waals surface area contributed by atoms with Gasteiger partial charge in [0.15, 0.2) is 14.7 Å². The van der Waals surface area contributed by atoms with Gasteiger partial charge in [-0.05, 0) is 57.2 Å². The van der Waals surface area contributed by atoms with Gasteiger partial charge < -0.3 is 28.4 Å². The summed E-state index contributed by atoms with van der Waals surface area (Å²) in [4.78, 5) is 3.44. The lowest BCUT2D eigenvalue weighted by atomic mass is 10.3. The van der Waals surface area contributed by atoms with Crippen molar-refractivity contribution in [1.29, 1.82) is 0 Å². The zero-order valence-electron chi connectivity index (χ0n) is 22.1. The Hall–Kier alpha value is -2.71. The van der Waals surface area contributed by atoms with E-state index in [-0.39, 0.29) is 0 Å². The summed E-state index contributed by atoms with van der Waals surface area (Å²) >= 11 is 0. The number of hydrogen-bond donors (Lipinski definition) is 0. The van der Waals surface area contributed by atoms with Crippen LogP contribution in [-0.4, -0.2) is 59.5 Å². The molecule has 0 saturated heterocycles. The summed E-state index contributed by atoms with van der Waals surface area (Å²) < 4.78 is 34.2. The second kappa shape index (κ2) is 16.9. The Kier molecular flexibility index (Phi) is 13.2. The molecule has 0 saturated carbocycles. The van der Waals surface area contributed by atoms with Crippen molar-refractivity contribution >= 4 is 10.9 Å². The van der Waals surface area contributed by atoms with Gasteiger partial charge in [0, 0.05) is 38.0 Å². The molecule has 7 heteroatoms. The molecule has 0 aromatic heterocycles. The fraction of sp³-hybridized carbons (Fsp3) is 0.400. The zero-order valence-corrected chi connectivity index (χ0v) is 23.0. The highest BCUT2D eigenvalue weighted by molar-refractivity contribution is 7.97. The fourth-order valence-electron chi connectivity index (χ4n) is 3.57. The predicted octanol–water partition coefficient (Wildman–Crippen LogP) is 6.03. The van der Waals surface area contributed by atoms with E-state index in [1.807, 2.05) is 57.2 Å². The number of rotatable bonds is 18. The van der Waals surface area contributed by atoms with Gasteiger partial charge in [0.05, 0.1) is 30.7 Å². The van der Waals surface area contributed by atoms with E-state index in [2.05, 4.69) is 36.4 Å². The van der Waals surface area contributed by atoms with Gasteiger partial charge >= 0.3 is 0 Å². The fourth-order valence-corrected chi connectivity index (χ4v) is 5.73. The maximum atomic E-state index is 5.97. The lowest BCUT2D eigenvalue weighted by molar-refractivity contribution is 0.110. The summed E-state index contributed by atoms with van der Waals surface area (Å²) in [5, 5.41) is 0. The summed E-state index contributed by atoms with van der Waals surface area (Å²) in [7, 11) is -0.406. The normalized spacial score (nSPS) is 11.0. The molecule has 0 unspecified atom stereocenters. The predicted molar refractivity (Wildman–Crippen MR) is 147 cm³/mol. The third-order valence-electron chi connectivity index (χ3n) is 5.23. The van der Waals surface area contributed by atoms with Crippen LogP contribution >= 0.6 is 0 Å². The van der Waals surface area contributed by atoms with Crippen LogP contribution in [0.25, 0.3) is 0 Å². The molecule has 0 aliphatic heterocycles. The van der Waals surface area contributed by atoms with Gasteiger partial charge in [-0.2, -0.15) is 0 Å². The number of ether oxygens (including phenoxy) is 6. The van der Waals surface area contributed by atoms with E-state index in [4.69, 9.17) is 28.4 Å². The molecule has 0 aliphatic carbocycles. The third kappa shape index (κ3) is 9.93. The SMILES string of the molecule is CCOCCOc1cccc([S+](c2cccc(OCCOCC)c2)c2cccc(OCCOCC)c2)c1. The van der Waals surface area contributed by atoms with Gasteiger partial charge in [0.1, 0.15) is 37.1 Å². The Morgan fingerprint density at radius 2 is 0.784 bits per heavy atom. The molecule has 0 amide bonds. The van der Waals surface area contributed by atoms with Crippen LogP contribution < -0.4 is 14.2 Å². The quantitative estimate of drug-likeness (QED) is 0.149.